The zero-order valence-corrected chi connectivity index (χ0v) is 14.0. The molecule has 1 aromatic heterocycles. The van der Waals surface area contributed by atoms with Gasteiger partial charge < -0.3 is 9.73 Å². The smallest absolute Gasteiger partial charge is 0.248 e. The zero-order chi connectivity index (χ0) is 14.4. The molecular formula is C14H18BrN3OS. The Labute approximate surface area is 131 Å². The Hall–Kier alpha value is -0.850. The van der Waals surface area contributed by atoms with Crippen LogP contribution in [0.15, 0.2) is 33.2 Å². The molecule has 2 rings (SSSR count). The first kappa shape index (κ1) is 15.5. The molecule has 0 aliphatic heterocycles. The molecule has 0 fully saturated rings. The maximum Gasteiger partial charge on any atom is 0.248 e. The van der Waals surface area contributed by atoms with Gasteiger partial charge in [-0.2, -0.15) is 11.8 Å². The average molecular weight is 356 g/mol. The first-order chi connectivity index (χ1) is 9.70. The van der Waals surface area contributed by atoms with Gasteiger partial charge in [0, 0.05) is 10.5 Å². The lowest BCUT2D eigenvalue weighted by molar-refractivity contribution is 0.445. The normalized spacial score (nSPS) is 12.6. The Morgan fingerprint density at radius 2 is 2.15 bits per heavy atom. The summed E-state index contributed by atoms with van der Waals surface area (Å²) in [6.45, 7) is 2.77. The third-order valence-electron chi connectivity index (χ3n) is 2.93. The Morgan fingerprint density at radius 1 is 1.35 bits per heavy atom. The second-order valence-corrected chi connectivity index (χ2v) is 6.38. The molecule has 0 amide bonds. The maximum atomic E-state index is 5.69. The fraction of sp³-hybridized carbons (Fsp3) is 0.429. The second kappa shape index (κ2) is 7.81. The predicted molar refractivity (Wildman–Crippen MR) is 86.7 cm³/mol. The van der Waals surface area contributed by atoms with E-state index in [1.54, 1.807) is 0 Å². The highest BCUT2D eigenvalue weighted by atomic mass is 79.9. The van der Waals surface area contributed by atoms with E-state index in [0.29, 0.717) is 24.4 Å². The van der Waals surface area contributed by atoms with Crippen molar-refractivity contribution in [3.63, 3.8) is 0 Å². The Morgan fingerprint density at radius 3 is 2.90 bits per heavy atom. The molecule has 0 radical (unpaired) electrons. The molecule has 0 bridgehead atoms. The Balaban J connectivity index is 1.94. The van der Waals surface area contributed by atoms with Crippen molar-refractivity contribution in [1.82, 2.24) is 15.5 Å². The molecule has 0 aliphatic rings. The summed E-state index contributed by atoms with van der Waals surface area (Å²) in [5.41, 5.74) is 0.918. The lowest BCUT2D eigenvalue weighted by Crippen LogP contribution is -2.26. The molecule has 1 atom stereocenters. The van der Waals surface area contributed by atoms with Crippen LogP contribution in [0.5, 0.6) is 0 Å². The minimum absolute atomic E-state index is 0.446. The fourth-order valence-electron chi connectivity index (χ4n) is 1.73. The molecule has 6 heteroatoms. The second-order valence-electron chi connectivity index (χ2n) is 4.54. The van der Waals surface area contributed by atoms with Crippen LogP contribution in [-0.2, 0) is 6.54 Å². The summed E-state index contributed by atoms with van der Waals surface area (Å²) in [4.78, 5) is 0. The summed E-state index contributed by atoms with van der Waals surface area (Å²) < 4.78 is 6.64. The summed E-state index contributed by atoms with van der Waals surface area (Å²) in [5.74, 6) is 2.32. The molecule has 1 unspecified atom stereocenters. The van der Waals surface area contributed by atoms with Gasteiger partial charge in [-0.15, -0.1) is 10.2 Å². The van der Waals surface area contributed by atoms with Crippen molar-refractivity contribution in [3.8, 4) is 11.5 Å². The summed E-state index contributed by atoms with van der Waals surface area (Å²) in [6, 6.07) is 8.27. The summed E-state index contributed by atoms with van der Waals surface area (Å²) in [5, 5.41) is 11.6. The van der Waals surface area contributed by atoms with Gasteiger partial charge in [0.05, 0.1) is 12.1 Å². The number of halogens is 1. The number of rotatable bonds is 7. The van der Waals surface area contributed by atoms with E-state index in [4.69, 9.17) is 4.42 Å². The lowest BCUT2D eigenvalue weighted by Gasteiger charge is -2.10. The largest absolute Gasteiger partial charge is 0.419 e. The summed E-state index contributed by atoms with van der Waals surface area (Å²) >= 11 is 5.35. The van der Waals surface area contributed by atoms with Gasteiger partial charge in [0.15, 0.2) is 0 Å². The van der Waals surface area contributed by atoms with Gasteiger partial charge in [0.25, 0.3) is 0 Å². The van der Waals surface area contributed by atoms with Crippen LogP contribution in [0.2, 0.25) is 0 Å². The number of nitrogens with one attached hydrogen (secondary N) is 1. The minimum Gasteiger partial charge on any atom is -0.419 e. The van der Waals surface area contributed by atoms with Crippen LogP contribution in [0.4, 0.5) is 0 Å². The zero-order valence-electron chi connectivity index (χ0n) is 11.6. The third kappa shape index (κ3) is 4.33. The Kier molecular flexibility index (Phi) is 6.06. The molecule has 2 aromatic rings. The van der Waals surface area contributed by atoms with E-state index in [1.807, 2.05) is 36.0 Å². The highest BCUT2D eigenvalue weighted by Gasteiger charge is 2.11. The van der Waals surface area contributed by atoms with E-state index < -0.39 is 0 Å². The molecule has 0 saturated carbocycles. The van der Waals surface area contributed by atoms with Crippen molar-refractivity contribution in [2.45, 2.75) is 25.9 Å². The van der Waals surface area contributed by atoms with Gasteiger partial charge in [-0.25, -0.2) is 0 Å². The van der Waals surface area contributed by atoms with Crippen molar-refractivity contribution in [2.75, 3.05) is 12.0 Å². The minimum atomic E-state index is 0.446. The number of benzene rings is 1. The van der Waals surface area contributed by atoms with E-state index in [1.165, 1.54) is 0 Å². The molecule has 108 valence electrons. The molecule has 1 aromatic carbocycles. The quantitative estimate of drug-likeness (QED) is 0.819. The standard InChI is InChI=1S/C14H18BrN3OS/c1-10(7-8-20-2)16-9-13-17-18-14(19-13)11-5-3-4-6-12(11)15/h3-6,10,16H,7-9H2,1-2H3. The van der Waals surface area contributed by atoms with Crippen molar-refractivity contribution in [3.05, 3.63) is 34.6 Å². The van der Waals surface area contributed by atoms with Crippen LogP contribution in [0.3, 0.4) is 0 Å². The molecular weight excluding hydrogens is 338 g/mol. The van der Waals surface area contributed by atoms with Crippen molar-refractivity contribution in [1.29, 1.82) is 0 Å². The van der Waals surface area contributed by atoms with E-state index in [0.717, 1.165) is 22.2 Å². The van der Waals surface area contributed by atoms with Crippen LogP contribution in [0, 0.1) is 0 Å². The van der Waals surface area contributed by atoms with Crippen LogP contribution in [0.1, 0.15) is 19.2 Å². The van der Waals surface area contributed by atoms with Crippen LogP contribution in [-0.4, -0.2) is 28.2 Å². The first-order valence-corrected chi connectivity index (χ1v) is 8.69. The van der Waals surface area contributed by atoms with Crippen LogP contribution < -0.4 is 5.32 Å². The highest BCUT2D eigenvalue weighted by Crippen LogP contribution is 2.26. The SMILES string of the molecule is CSCCC(C)NCc1nnc(-c2ccccc2Br)o1. The van der Waals surface area contributed by atoms with Crippen molar-refractivity contribution >= 4 is 27.7 Å². The lowest BCUT2D eigenvalue weighted by atomic mass is 10.2. The van der Waals surface area contributed by atoms with Gasteiger partial charge in [-0.3, -0.25) is 0 Å². The van der Waals surface area contributed by atoms with Gasteiger partial charge >= 0.3 is 0 Å². The van der Waals surface area contributed by atoms with Gasteiger partial charge in [0.2, 0.25) is 11.8 Å². The molecule has 0 saturated heterocycles. The maximum absolute atomic E-state index is 5.69. The Bertz CT molecular complexity index is 547. The summed E-state index contributed by atoms with van der Waals surface area (Å²) in [6.07, 6.45) is 3.25. The topological polar surface area (TPSA) is 51.0 Å². The number of hydrogen-bond donors (Lipinski definition) is 1. The first-order valence-electron chi connectivity index (χ1n) is 6.50. The van der Waals surface area contributed by atoms with E-state index in [-0.39, 0.29) is 0 Å². The number of hydrogen-bond acceptors (Lipinski definition) is 5. The molecule has 1 heterocycles. The van der Waals surface area contributed by atoms with E-state index in [9.17, 15) is 0 Å². The number of aromatic nitrogens is 2. The van der Waals surface area contributed by atoms with E-state index >= 15 is 0 Å². The molecule has 0 aliphatic carbocycles. The van der Waals surface area contributed by atoms with Crippen molar-refractivity contribution in [2.24, 2.45) is 0 Å². The molecule has 0 spiro atoms. The van der Waals surface area contributed by atoms with Gasteiger partial charge in [-0.05, 0) is 53.4 Å². The van der Waals surface area contributed by atoms with Crippen molar-refractivity contribution < 1.29 is 4.42 Å². The molecule has 4 nitrogen and oxygen atoms in total. The fourth-order valence-corrected chi connectivity index (χ4v) is 2.77. The number of nitrogens with zero attached hydrogens (tertiary/aromatic N) is 2. The monoisotopic (exact) mass is 355 g/mol. The van der Waals surface area contributed by atoms with Gasteiger partial charge in [-0.1, -0.05) is 12.1 Å². The van der Waals surface area contributed by atoms with Crippen LogP contribution >= 0.6 is 27.7 Å². The molecule has 20 heavy (non-hydrogen) atoms. The third-order valence-corrected chi connectivity index (χ3v) is 4.26. The number of thioether (sulfide) groups is 1. The highest BCUT2D eigenvalue weighted by molar-refractivity contribution is 9.10. The average Bonchev–Trinajstić information content (AvgIpc) is 2.92. The van der Waals surface area contributed by atoms with Gasteiger partial charge in [0.1, 0.15) is 0 Å². The van der Waals surface area contributed by atoms with Crippen LogP contribution in [0.25, 0.3) is 11.5 Å². The predicted octanol–water partition coefficient (Wildman–Crippen LogP) is 3.73. The summed E-state index contributed by atoms with van der Waals surface area (Å²) in [7, 11) is 0. The van der Waals surface area contributed by atoms with E-state index in [2.05, 4.69) is 44.6 Å². The molecule has 1 N–H and O–H groups in total.